The number of para-hydroxylation sites is 1. The molecule has 0 spiro atoms. The van der Waals surface area contributed by atoms with Gasteiger partial charge in [0.2, 0.25) is 0 Å². The molecule has 164 valence electrons. The van der Waals surface area contributed by atoms with E-state index in [0.29, 0.717) is 18.4 Å². The molecule has 1 fully saturated rings. The van der Waals surface area contributed by atoms with Gasteiger partial charge in [-0.25, -0.2) is 0 Å². The third-order valence-corrected chi connectivity index (χ3v) is 6.69. The van der Waals surface area contributed by atoms with Crippen molar-refractivity contribution in [2.75, 3.05) is 27.3 Å². The minimum atomic E-state index is -0.820. The van der Waals surface area contributed by atoms with Crippen LogP contribution in [0.4, 0.5) is 0 Å². The Bertz CT molecular complexity index is 880. The average molecular weight is 435 g/mol. The number of carbonyl (C=O) groups is 2. The van der Waals surface area contributed by atoms with Crippen LogP contribution in [0.1, 0.15) is 49.4 Å². The predicted molar refractivity (Wildman–Crippen MR) is 118 cm³/mol. The van der Waals surface area contributed by atoms with Crippen molar-refractivity contribution >= 4 is 35.2 Å². The topological polar surface area (TPSA) is 71.6 Å². The Morgan fingerprint density at radius 1 is 1.17 bits per heavy atom. The molecule has 1 aromatic carbocycles. The van der Waals surface area contributed by atoms with E-state index >= 15 is 0 Å². The minimum absolute atomic E-state index is 0. The van der Waals surface area contributed by atoms with E-state index in [1.807, 2.05) is 0 Å². The van der Waals surface area contributed by atoms with Crippen LogP contribution in [0.2, 0.25) is 0 Å². The molecular formula is C23H31ClN2O4. The summed E-state index contributed by atoms with van der Waals surface area (Å²) in [4.78, 5) is 30.2. The molecule has 1 aromatic heterocycles. The summed E-state index contributed by atoms with van der Waals surface area (Å²) in [5, 5.41) is 1.35. The van der Waals surface area contributed by atoms with E-state index in [1.165, 1.54) is 49.2 Å². The van der Waals surface area contributed by atoms with Crippen molar-refractivity contribution in [2.24, 2.45) is 11.8 Å². The maximum atomic E-state index is 11.9. The zero-order valence-corrected chi connectivity index (χ0v) is 18.5. The Balaban J connectivity index is 0.00000256. The number of nitrogens with zero attached hydrogens (tertiary/aromatic N) is 1. The highest BCUT2D eigenvalue weighted by molar-refractivity contribution is 5.94. The number of nitrogens with one attached hydrogen (secondary N) is 1. The molecule has 6 nitrogen and oxygen atoms in total. The number of methoxy groups -OCH3 is 2. The van der Waals surface area contributed by atoms with Gasteiger partial charge >= 0.3 is 11.9 Å². The van der Waals surface area contributed by atoms with Crippen molar-refractivity contribution < 1.29 is 19.1 Å². The lowest BCUT2D eigenvalue weighted by atomic mass is 9.79. The molecule has 2 aromatic rings. The number of piperidine rings is 1. The zero-order chi connectivity index (χ0) is 20.4. The summed E-state index contributed by atoms with van der Waals surface area (Å²) >= 11 is 0. The standard InChI is InChI=1S/C23H30N2O4.ClH/c1-28-22(26)18(23(27)29-2)10-5-7-15-8-6-13-25-14-12-17-16-9-3-4-11-19(16)24-20(17)21(15)25;/h3-4,9,11,15,18,21,24H,5-8,10,12-14H2,1-2H3;1H. The second-order valence-electron chi connectivity index (χ2n) is 8.23. The summed E-state index contributed by atoms with van der Waals surface area (Å²) in [6.07, 6.45) is 5.74. The number of carbonyl (C=O) groups excluding carboxylic acids is 2. The molecule has 7 heteroatoms. The molecule has 30 heavy (non-hydrogen) atoms. The molecule has 2 aliphatic heterocycles. The Morgan fingerprint density at radius 2 is 1.90 bits per heavy atom. The number of aromatic nitrogens is 1. The first kappa shape index (κ1) is 22.6. The van der Waals surface area contributed by atoms with Crippen molar-refractivity contribution in [1.82, 2.24) is 9.88 Å². The van der Waals surface area contributed by atoms with Crippen LogP contribution < -0.4 is 0 Å². The van der Waals surface area contributed by atoms with Gasteiger partial charge in [0.05, 0.1) is 20.3 Å². The van der Waals surface area contributed by atoms with Gasteiger partial charge in [0.15, 0.2) is 5.92 Å². The first-order valence-electron chi connectivity index (χ1n) is 10.6. The van der Waals surface area contributed by atoms with Crippen molar-refractivity contribution in [2.45, 2.75) is 44.6 Å². The molecule has 0 saturated carbocycles. The molecule has 1 saturated heterocycles. The number of halogens is 1. The molecule has 0 radical (unpaired) electrons. The van der Waals surface area contributed by atoms with E-state index in [4.69, 9.17) is 9.47 Å². The number of H-pyrrole nitrogens is 1. The van der Waals surface area contributed by atoms with Gasteiger partial charge in [-0.15, -0.1) is 12.4 Å². The van der Waals surface area contributed by atoms with Crippen LogP contribution >= 0.6 is 12.4 Å². The van der Waals surface area contributed by atoms with E-state index in [2.05, 4.69) is 34.1 Å². The summed E-state index contributed by atoms with van der Waals surface area (Å²) in [5.74, 6) is -1.30. The Hall–Kier alpha value is -2.05. The number of aromatic amines is 1. The number of hydrogen-bond donors (Lipinski definition) is 1. The molecule has 2 atom stereocenters. The number of ether oxygens (including phenoxy) is 2. The lowest BCUT2D eigenvalue weighted by Gasteiger charge is -2.44. The van der Waals surface area contributed by atoms with Gasteiger partial charge in [-0.05, 0) is 56.2 Å². The van der Waals surface area contributed by atoms with Crippen LogP contribution in [0, 0.1) is 11.8 Å². The fourth-order valence-electron chi connectivity index (χ4n) is 5.32. The smallest absolute Gasteiger partial charge is 0.320 e. The first-order chi connectivity index (χ1) is 14.1. The molecule has 2 aliphatic rings. The number of hydrogen-bond acceptors (Lipinski definition) is 5. The molecule has 3 heterocycles. The normalized spacial score (nSPS) is 20.9. The Kier molecular flexibility index (Phi) is 7.42. The van der Waals surface area contributed by atoms with Crippen LogP contribution in [-0.4, -0.2) is 49.1 Å². The number of esters is 2. The highest BCUT2D eigenvalue weighted by atomic mass is 35.5. The van der Waals surface area contributed by atoms with E-state index in [-0.39, 0.29) is 12.4 Å². The first-order valence-corrected chi connectivity index (χ1v) is 10.6. The summed E-state index contributed by atoms with van der Waals surface area (Å²) in [5.41, 5.74) is 4.07. The summed E-state index contributed by atoms with van der Waals surface area (Å²) in [7, 11) is 2.63. The van der Waals surface area contributed by atoms with E-state index in [9.17, 15) is 9.59 Å². The zero-order valence-electron chi connectivity index (χ0n) is 17.7. The van der Waals surface area contributed by atoms with Gasteiger partial charge < -0.3 is 14.5 Å². The highest BCUT2D eigenvalue weighted by Gasteiger charge is 2.38. The highest BCUT2D eigenvalue weighted by Crippen LogP contribution is 2.44. The van der Waals surface area contributed by atoms with Crippen LogP contribution in [0.3, 0.4) is 0 Å². The van der Waals surface area contributed by atoms with Crippen molar-refractivity contribution in [3.8, 4) is 0 Å². The molecule has 2 unspecified atom stereocenters. The quantitative estimate of drug-likeness (QED) is 0.549. The van der Waals surface area contributed by atoms with Gasteiger partial charge in [-0.1, -0.05) is 24.6 Å². The molecular weight excluding hydrogens is 404 g/mol. The van der Waals surface area contributed by atoms with E-state index in [0.717, 1.165) is 32.4 Å². The third-order valence-electron chi connectivity index (χ3n) is 6.69. The largest absolute Gasteiger partial charge is 0.468 e. The van der Waals surface area contributed by atoms with Gasteiger partial charge in [0.1, 0.15) is 0 Å². The minimum Gasteiger partial charge on any atom is -0.468 e. The fourth-order valence-corrected chi connectivity index (χ4v) is 5.32. The van der Waals surface area contributed by atoms with Crippen molar-refractivity contribution in [1.29, 1.82) is 0 Å². The second-order valence-corrected chi connectivity index (χ2v) is 8.23. The Labute approximate surface area is 183 Å². The summed E-state index contributed by atoms with van der Waals surface area (Å²) < 4.78 is 9.58. The van der Waals surface area contributed by atoms with Gasteiger partial charge in [0.25, 0.3) is 0 Å². The van der Waals surface area contributed by atoms with Crippen molar-refractivity contribution in [3.05, 3.63) is 35.5 Å². The molecule has 0 amide bonds. The maximum absolute atomic E-state index is 11.9. The van der Waals surface area contributed by atoms with E-state index < -0.39 is 17.9 Å². The van der Waals surface area contributed by atoms with Crippen LogP contribution in [-0.2, 0) is 25.5 Å². The monoisotopic (exact) mass is 434 g/mol. The fraction of sp³-hybridized carbons (Fsp3) is 0.565. The third kappa shape index (κ3) is 4.21. The predicted octanol–water partition coefficient (Wildman–Crippen LogP) is 4.03. The van der Waals surface area contributed by atoms with Crippen LogP contribution in [0.5, 0.6) is 0 Å². The summed E-state index contributed by atoms with van der Waals surface area (Å²) in [6.45, 7) is 2.24. The maximum Gasteiger partial charge on any atom is 0.320 e. The lowest BCUT2D eigenvalue weighted by Crippen LogP contribution is -2.43. The Morgan fingerprint density at radius 3 is 2.63 bits per heavy atom. The lowest BCUT2D eigenvalue weighted by molar-refractivity contribution is -0.159. The number of fused-ring (bicyclic) bond motifs is 5. The molecule has 4 rings (SSSR count). The van der Waals surface area contributed by atoms with Crippen LogP contribution in [0.25, 0.3) is 10.9 Å². The average Bonchev–Trinajstić information content (AvgIpc) is 3.14. The molecule has 0 aliphatic carbocycles. The summed E-state index contributed by atoms with van der Waals surface area (Å²) in [6, 6.07) is 8.97. The number of benzene rings is 1. The molecule has 1 N–H and O–H groups in total. The van der Waals surface area contributed by atoms with Gasteiger partial charge in [-0.3, -0.25) is 14.5 Å². The SMILES string of the molecule is COC(=O)C(CCCC1CCCN2CCc3c([nH]c4ccccc34)C12)C(=O)OC.Cl. The van der Waals surface area contributed by atoms with Crippen molar-refractivity contribution in [3.63, 3.8) is 0 Å². The van der Waals surface area contributed by atoms with Gasteiger partial charge in [-0.2, -0.15) is 0 Å². The van der Waals surface area contributed by atoms with Gasteiger partial charge in [0, 0.05) is 23.1 Å². The number of rotatable bonds is 6. The second kappa shape index (κ2) is 9.84. The van der Waals surface area contributed by atoms with Crippen LogP contribution in [0.15, 0.2) is 24.3 Å². The van der Waals surface area contributed by atoms with E-state index in [1.54, 1.807) is 0 Å². The molecule has 0 bridgehead atoms.